The van der Waals surface area contributed by atoms with Crippen LogP contribution in [0.25, 0.3) is 0 Å². The van der Waals surface area contributed by atoms with Gasteiger partial charge in [-0.3, -0.25) is 9.10 Å². The number of nitrogens with zero attached hydrogens (tertiary/aromatic N) is 4. The normalized spacial score (nSPS) is 19.8. The number of allylic oxidation sites excluding steroid dienone is 1. The summed E-state index contributed by atoms with van der Waals surface area (Å²) in [6.07, 6.45) is 5.13. The van der Waals surface area contributed by atoms with Crippen molar-refractivity contribution in [3.05, 3.63) is 32.9 Å². The van der Waals surface area contributed by atoms with Crippen LogP contribution in [-0.2, 0) is 10.0 Å². The van der Waals surface area contributed by atoms with Crippen LogP contribution in [0.3, 0.4) is 0 Å². The van der Waals surface area contributed by atoms with Gasteiger partial charge in [0.25, 0.3) is 10.0 Å². The van der Waals surface area contributed by atoms with Crippen molar-refractivity contribution in [3.63, 3.8) is 0 Å². The van der Waals surface area contributed by atoms with E-state index in [4.69, 9.17) is 0 Å². The van der Waals surface area contributed by atoms with Gasteiger partial charge in [-0.25, -0.2) is 13.4 Å². The van der Waals surface area contributed by atoms with Gasteiger partial charge >= 0.3 is 0 Å². The molecule has 1 N–H and O–H groups in total. The molecule has 11 heteroatoms. The monoisotopic (exact) mass is 437 g/mol. The van der Waals surface area contributed by atoms with Crippen molar-refractivity contribution < 1.29 is 13.2 Å². The van der Waals surface area contributed by atoms with Crippen molar-refractivity contribution in [2.45, 2.75) is 37.8 Å². The van der Waals surface area contributed by atoms with Crippen LogP contribution < -0.4 is 9.62 Å². The largest absolute Gasteiger partial charge is 0.329 e. The molecule has 1 fully saturated rings. The fraction of sp³-hybridized carbons (Fsp3) is 0.412. The lowest BCUT2D eigenvalue weighted by Gasteiger charge is -2.25. The minimum absolute atomic E-state index is 0.239. The van der Waals surface area contributed by atoms with E-state index in [2.05, 4.69) is 20.3 Å². The number of hydrogen-bond donors (Lipinski definition) is 1. The van der Waals surface area contributed by atoms with Gasteiger partial charge < -0.3 is 5.32 Å². The van der Waals surface area contributed by atoms with Gasteiger partial charge in [0.15, 0.2) is 10.1 Å². The molecular formula is C17H19N5O3S3. The number of ketones is 1. The lowest BCUT2D eigenvalue weighted by atomic mass is 10.1. The maximum Gasteiger partial charge on any atom is 0.270 e. The molecule has 148 valence electrons. The number of thioether (sulfide) groups is 1. The Morgan fingerprint density at radius 2 is 1.96 bits per heavy atom. The van der Waals surface area contributed by atoms with Gasteiger partial charge in [0.05, 0.1) is 5.56 Å². The summed E-state index contributed by atoms with van der Waals surface area (Å²) < 4.78 is 26.9. The minimum atomic E-state index is -3.95. The van der Waals surface area contributed by atoms with Crippen LogP contribution in [0, 0.1) is 13.8 Å². The molecule has 0 unspecified atom stereocenters. The number of rotatable bonds is 4. The number of nitrogens with one attached hydrogen (secondary N) is 1. The average molecular weight is 438 g/mol. The summed E-state index contributed by atoms with van der Waals surface area (Å²) in [6, 6.07) is 0. The number of hydrogen-bond acceptors (Lipinski definition) is 9. The highest BCUT2D eigenvalue weighted by atomic mass is 32.2. The third kappa shape index (κ3) is 3.11. The van der Waals surface area contributed by atoms with Crippen molar-refractivity contribution in [3.8, 4) is 0 Å². The number of carbonyl (C=O) groups excluding carboxylic acids is 1. The number of fused-ring (bicyclic) bond motifs is 1. The summed E-state index contributed by atoms with van der Waals surface area (Å²) in [7, 11) is -2.49. The van der Waals surface area contributed by atoms with Gasteiger partial charge in [-0.1, -0.05) is 11.8 Å². The predicted molar refractivity (Wildman–Crippen MR) is 111 cm³/mol. The molecule has 0 bridgehead atoms. The highest BCUT2D eigenvalue weighted by molar-refractivity contribution is 7.98. The van der Waals surface area contributed by atoms with E-state index in [0.717, 1.165) is 27.6 Å². The molecule has 2 aliphatic rings. The van der Waals surface area contributed by atoms with Crippen LogP contribution in [0.5, 0.6) is 0 Å². The summed E-state index contributed by atoms with van der Waals surface area (Å²) in [6.45, 7) is 3.71. The Balaban J connectivity index is 1.74. The molecule has 1 aliphatic heterocycles. The topological polar surface area (TPSA) is 105 Å². The molecule has 2 aromatic rings. The molecule has 0 atom stereocenters. The van der Waals surface area contributed by atoms with Gasteiger partial charge in [0.2, 0.25) is 11.7 Å². The maximum atomic E-state index is 13.0. The molecule has 4 rings (SSSR count). The molecule has 0 radical (unpaired) electrons. The molecule has 2 aromatic heterocycles. The fourth-order valence-corrected chi connectivity index (χ4v) is 5.86. The Bertz CT molecular complexity index is 1120. The maximum absolute atomic E-state index is 13.0. The number of sulfonamides is 1. The molecule has 8 nitrogen and oxygen atoms in total. The summed E-state index contributed by atoms with van der Waals surface area (Å²) >= 11 is 2.69. The molecule has 3 heterocycles. The number of thiophene rings is 1. The second kappa shape index (κ2) is 6.82. The zero-order valence-electron chi connectivity index (χ0n) is 15.8. The van der Waals surface area contributed by atoms with Crippen molar-refractivity contribution >= 4 is 49.9 Å². The van der Waals surface area contributed by atoms with Gasteiger partial charge in [0.1, 0.15) is 10.8 Å². The third-order valence-corrected chi connectivity index (χ3v) is 8.54. The highest BCUT2D eigenvalue weighted by Crippen LogP contribution is 2.43. The first-order chi connectivity index (χ1) is 13.2. The van der Waals surface area contributed by atoms with E-state index in [1.165, 1.54) is 36.3 Å². The first-order valence-corrected chi connectivity index (χ1v) is 12.1. The zero-order valence-corrected chi connectivity index (χ0v) is 18.3. The van der Waals surface area contributed by atoms with Crippen molar-refractivity contribution in [1.29, 1.82) is 0 Å². The summed E-state index contributed by atoms with van der Waals surface area (Å²) in [5.74, 6) is 0.751. The second-order valence-electron chi connectivity index (χ2n) is 6.70. The molecule has 0 aromatic carbocycles. The molecule has 0 amide bonds. The van der Waals surface area contributed by atoms with E-state index in [1.807, 2.05) is 20.1 Å². The minimum Gasteiger partial charge on any atom is -0.329 e. The smallest absolute Gasteiger partial charge is 0.270 e. The summed E-state index contributed by atoms with van der Waals surface area (Å²) in [5, 5.41) is 3.83. The van der Waals surface area contributed by atoms with Crippen LogP contribution in [0.15, 0.2) is 16.3 Å². The molecule has 1 aliphatic carbocycles. The SMILES string of the molecule is CSc1nc(N/C=C2\C(=O)c3c(sc(C)c3C)N(C)S2(=O)=O)nc(C2CC2)n1. The average Bonchev–Trinajstić information content (AvgIpc) is 3.46. The van der Waals surface area contributed by atoms with Crippen molar-refractivity contribution in [1.82, 2.24) is 15.0 Å². The fourth-order valence-electron chi connectivity index (χ4n) is 2.92. The van der Waals surface area contributed by atoms with E-state index in [-0.39, 0.29) is 10.9 Å². The van der Waals surface area contributed by atoms with Crippen LogP contribution in [0.2, 0.25) is 0 Å². The van der Waals surface area contributed by atoms with Crippen LogP contribution in [0.1, 0.15) is 45.4 Å². The van der Waals surface area contributed by atoms with Crippen molar-refractivity contribution in [2.75, 3.05) is 22.9 Å². The van der Waals surface area contributed by atoms with E-state index >= 15 is 0 Å². The van der Waals surface area contributed by atoms with E-state index < -0.39 is 15.8 Å². The van der Waals surface area contributed by atoms with Gasteiger partial charge in [0, 0.05) is 24.0 Å². The van der Waals surface area contributed by atoms with E-state index in [0.29, 0.717) is 27.5 Å². The summed E-state index contributed by atoms with van der Waals surface area (Å²) in [5.41, 5.74) is 1.24. The number of carbonyl (C=O) groups is 1. The van der Waals surface area contributed by atoms with Crippen LogP contribution in [0.4, 0.5) is 10.9 Å². The molecule has 0 spiro atoms. The Morgan fingerprint density at radius 3 is 2.61 bits per heavy atom. The Morgan fingerprint density at radius 1 is 1.25 bits per heavy atom. The number of Topliss-reactive ketones (excluding diaryl/α,β-unsaturated/α-hetero) is 1. The Labute approximate surface area is 171 Å². The number of aromatic nitrogens is 3. The van der Waals surface area contributed by atoms with E-state index in [9.17, 15) is 13.2 Å². The number of aryl methyl sites for hydroxylation is 1. The van der Waals surface area contributed by atoms with Crippen molar-refractivity contribution in [2.24, 2.45) is 0 Å². The van der Waals surface area contributed by atoms with Crippen LogP contribution >= 0.6 is 23.1 Å². The molecule has 1 saturated carbocycles. The third-order valence-electron chi connectivity index (χ3n) is 4.83. The Kier molecular flexibility index (Phi) is 4.71. The second-order valence-corrected chi connectivity index (χ2v) is 10.6. The quantitative estimate of drug-likeness (QED) is 0.575. The highest BCUT2D eigenvalue weighted by Gasteiger charge is 2.41. The first-order valence-electron chi connectivity index (χ1n) is 8.64. The van der Waals surface area contributed by atoms with Crippen LogP contribution in [-0.4, -0.2) is 42.5 Å². The molecular weight excluding hydrogens is 418 g/mol. The predicted octanol–water partition coefficient (Wildman–Crippen LogP) is 3.07. The van der Waals surface area contributed by atoms with Gasteiger partial charge in [-0.2, -0.15) is 9.97 Å². The lowest BCUT2D eigenvalue weighted by Crippen LogP contribution is -2.36. The van der Waals surface area contributed by atoms with Gasteiger partial charge in [-0.15, -0.1) is 11.3 Å². The molecule has 28 heavy (non-hydrogen) atoms. The Hall–Kier alpha value is -1.98. The number of anilines is 2. The first kappa shape index (κ1) is 19.3. The lowest BCUT2D eigenvalue weighted by molar-refractivity contribution is 0.104. The zero-order chi connectivity index (χ0) is 20.2. The van der Waals surface area contributed by atoms with E-state index in [1.54, 1.807) is 0 Å². The standard InChI is InChI=1S/C17H19N5O3S3/c1-8-9(2)27-15-12(8)13(23)11(28(24,25)22(15)3)7-18-16-19-14(10-5-6-10)20-17(21-16)26-4/h7,10H,5-6H2,1-4H3,(H,18,19,20,21)/b11-7+. The summed E-state index contributed by atoms with van der Waals surface area (Å²) in [4.78, 5) is 26.6. The van der Waals surface area contributed by atoms with Gasteiger partial charge in [-0.05, 0) is 38.5 Å². The molecule has 0 saturated heterocycles.